The minimum absolute atomic E-state index is 0.0123. The fraction of sp³-hybridized carbons (Fsp3) is 0.214. The maximum atomic E-state index is 13.0. The second-order valence-electron chi connectivity index (χ2n) is 4.23. The molecule has 0 saturated heterocycles. The number of aryl methyl sites for hydroxylation is 3. The van der Waals surface area contributed by atoms with E-state index in [0.717, 1.165) is 5.56 Å². The molecule has 0 unspecified atom stereocenters. The van der Waals surface area contributed by atoms with E-state index in [4.69, 9.17) is 5.11 Å². The summed E-state index contributed by atoms with van der Waals surface area (Å²) in [6, 6.07) is 7.79. The van der Waals surface area contributed by atoms with Gasteiger partial charge < -0.3 is 5.11 Å². The Morgan fingerprint density at radius 3 is 2.74 bits per heavy atom. The third kappa shape index (κ3) is 3.58. The number of carbonyl (C=O) groups is 1. The van der Waals surface area contributed by atoms with Crippen molar-refractivity contribution in [1.82, 2.24) is 9.97 Å². The first kappa shape index (κ1) is 13.1. The van der Waals surface area contributed by atoms with Gasteiger partial charge in [-0.2, -0.15) is 0 Å². The molecule has 0 bridgehead atoms. The lowest BCUT2D eigenvalue weighted by molar-refractivity contribution is 0.0689. The van der Waals surface area contributed by atoms with Crippen molar-refractivity contribution < 1.29 is 14.3 Å². The van der Waals surface area contributed by atoms with Gasteiger partial charge in [0.2, 0.25) is 0 Å². The number of halogens is 1. The SMILES string of the molecule is Cc1nc(CCc2cccc(F)c2)cc(C(=O)O)n1. The number of aromatic nitrogens is 2. The summed E-state index contributed by atoms with van der Waals surface area (Å²) in [5.74, 6) is -0.922. The third-order valence-electron chi connectivity index (χ3n) is 2.67. The van der Waals surface area contributed by atoms with E-state index >= 15 is 0 Å². The fourth-order valence-electron chi connectivity index (χ4n) is 1.83. The molecule has 0 spiro atoms. The van der Waals surface area contributed by atoms with Crippen molar-refractivity contribution in [3.8, 4) is 0 Å². The Labute approximate surface area is 110 Å². The molecule has 1 aromatic heterocycles. The summed E-state index contributed by atoms with van der Waals surface area (Å²) < 4.78 is 13.0. The molecule has 0 atom stereocenters. The van der Waals surface area contributed by atoms with Crippen LogP contribution < -0.4 is 0 Å². The average molecular weight is 260 g/mol. The lowest BCUT2D eigenvalue weighted by atomic mass is 10.1. The normalized spacial score (nSPS) is 10.4. The van der Waals surface area contributed by atoms with Gasteiger partial charge in [-0.1, -0.05) is 12.1 Å². The van der Waals surface area contributed by atoms with Crippen LogP contribution in [0.3, 0.4) is 0 Å². The number of nitrogens with zero attached hydrogens (tertiary/aromatic N) is 2. The highest BCUT2D eigenvalue weighted by Crippen LogP contribution is 2.09. The monoisotopic (exact) mass is 260 g/mol. The molecule has 0 radical (unpaired) electrons. The Kier molecular flexibility index (Phi) is 3.85. The Balaban J connectivity index is 2.13. The van der Waals surface area contributed by atoms with Gasteiger partial charge in [0.15, 0.2) is 5.69 Å². The standard InChI is InChI=1S/C14H13FN2O2/c1-9-16-12(8-13(17-9)14(18)19)6-5-10-3-2-4-11(15)7-10/h2-4,7-8H,5-6H2,1H3,(H,18,19). The smallest absolute Gasteiger partial charge is 0.354 e. The van der Waals surface area contributed by atoms with Gasteiger partial charge in [0.25, 0.3) is 0 Å². The molecule has 2 aromatic rings. The van der Waals surface area contributed by atoms with Gasteiger partial charge in [0, 0.05) is 5.69 Å². The van der Waals surface area contributed by atoms with Crippen LogP contribution in [-0.2, 0) is 12.8 Å². The first-order valence-corrected chi connectivity index (χ1v) is 5.87. The molecule has 0 amide bonds. The van der Waals surface area contributed by atoms with E-state index in [1.54, 1.807) is 13.0 Å². The molecule has 5 heteroatoms. The number of carboxylic acid groups (broad SMARTS) is 1. The number of hydrogen-bond acceptors (Lipinski definition) is 3. The largest absolute Gasteiger partial charge is 0.477 e. The predicted molar refractivity (Wildman–Crippen MR) is 67.5 cm³/mol. The van der Waals surface area contributed by atoms with Gasteiger partial charge in [-0.15, -0.1) is 0 Å². The molecular weight excluding hydrogens is 247 g/mol. The van der Waals surface area contributed by atoms with Crippen LogP contribution in [0.1, 0.15) is 27.6 Å². The number of benzene rings is 1. The highest BCUT2D eigenvalue weighted by molar-refractivity contribution is 5.85. The second kappa shape index (κ2) is 5.56. The van der Waals surface area contributed by atoms with Crippen molar-refractivity contribution >= 4 is 5.97 Å². The Hall–Kier alpha value is -2.30. The van der Waals surface area contributed by atoms with Crippen molar-refractivity contribution in [3.05, 3.63) is 58.9 Å². The predicted octanol–water partition coefficient (Wildman–Crippen LogP) is 2.41. The van der Waals surface area contributed by atoms with Crippen LogP contribution in [0.4, 0.5) is 4.39 Å². The maximum Gasteiger partial charge on any atom is 0.354 e. The zero-order chi connectivity index (χ0) is 13.8. The van der Waals surface area contributed by atoms with Gasteiger partial charge >= 0.3 is 5.97 Å². The molecule has 0 fully saturated rings. The van der Waals surface area contributed by atoms with E-state index in [0.29, 0.717) is 24.4 Å². The highest BCUT2D eigenvalue weighted by atomic mass is 19.1. The molecular formula is C14H13FN2O2. The van der Waals surface area contributed by atoms with Crippen LogP contribution in [0.15, 0.2) is 30.3 Å². The van der Waals surface area contributed by atoms with Gasteiger partial charge in [0.05, 0.1) is 0 Å². The number of aromatic carboxylic acids is 1. The van der Waals surface area contributed by atoms with Gasteiger partial charge in [-0.05, 0) is 43.5 Å². The summed E-state index contributed by atoms with van der Waals surface area (Å²) in [6.45, 7) is 1.65. The van der Waals surface area contributed by atoms with Crippen molar-refractivity contribution in [2.45, 2.75) is 19.8 Å². The average Bonchev–Trinajstić information content (AvgIpc) is 2.36. The topological polar surface area (TPSA) is 63.1 Å². The first-order chi connectivity index (χ1) is 9.04. The molecule has 0 aliphatic rings. The molecule has 0 aliphatic carbocycles. The number of rotatable bonds is 4. The minimum atomic E-state index is -1.07. The minimum Gasteiger partial charge on any atom is -0.477 e. The van der Waals surface area contributed by atoms with E-state index in [2.05, 4.69) is 9.97 Å². The summed E-state index contributed by atoms with van der Waals surface area (Å²) in [4.78, 5) is 18.9. The maximum absolute atomic E-state index is 13.0. The summed E-state index contributed by atoms with van der Waals surface area (Å²) in [5, 5.41) is 8.92. The molecule has 0 saturated carbocycles. The molecule has 19 heavy (non-hydrogen) atoms. The van der Waals surface area contributed by atoms with E-state index in [1.807, 2.05) is 6.07 Å². The number of hydrogen-bond donors (Lipinski definition) is 1. The summed E-state index contributed by atoms with van der Waals surface area (Å²) in [6.07, 6.45) is 1.15. The fourth-order valence-corrected chi connectivity index (χ4v) is 1.83. The Bertz CT molecular complexity index is 614. The Morgan fingerprint density at radius 2 is 2.05 bits per heavy atom. The Morgan fingerprint density at radius 1 is 1.26 bits per heavy atom. The summed E-state index contributed by atoms with van der Waals surface area (Å²) in [5.41, 5.74) is 1.49. The van der Waals surface area contributed by atoms with E-state index in [1.165, 1.54) is 18.2 Å². The van der Waals surface area contributed by atoms with E-state index in [-0.39, 0.29) is 11.5 Å². The molecule has 1 heterocycles. The van der Waals surface area contributed by atoms with Gasteiger partial charge in [0.1, 0.15) is 11.6 Å². The van der Waals surface area contributed by atoms with Crippen LogP contribution in [0.2, 0.25) is 0 Å². The molecule has 1 N–H and O–H groups in total. The van der Waals surface area contributed by atoms with Crippen LogP contribution in [0.5, 0.6) is 0 Å². The van der Waals surface area contributed by atoms with Crippen LogP contribution >= 0.6 is 0 Å². The van der Waals surface area contributed by atoms with Crippen LogP contribution in [0, 0.1) is 12.7 Å². The van der Waals surface area contributed by atoms with Gasteiger partial charge in [-0.3, -0.25) is 0 Å². The highest BCUT2D eigenvalue weighted by Gasteiger charge is 2.08. The summed E-state index contributed by atoms with van der Waals surface area (Å²) in [7, 11) is 0. The van der Waals surface area contributed by atoms with Crippen LogP contribution in [0.25, 0.3) is 0 Å². The van der Waals surface area contributed by atoms with E-state index < -0.39 is 5.97 Å². The van der Waals surface area contributed by atoms with Crippen molar-refractivity contribution in [2.75, 3.05) is 0 Å². The second-order valence-corrected chi connectivity index (χ2v) is 4.23. The van der Waals surface area contributed by atoms with Crippen molar-refractivity contribution in [3.63, 3.8) is 0 Å². The summed E-state index contributed by atoms with van der Waals surface area (Å²) >= 11 is 0. The van der Waals surface area contributed by atoms with Gasteiger partial charge in [-0.25, -0.2) is 19.2 Å². The first-order valence-electron chi connectivity index (χ1n) is 5.87. The van der Waals surface area contributed by atoms with Crippen LogP contribution in [-0.4, -0.2) is 21.0 Å². The quantitative estimate of drug-likeness (QED) is 0.916. The van der Waals surface area contributed by atoms with Crippen molar-refractivity contribution in [1.29, 1.82) is 0 Å². The molecule has 2 rings (SSSR count). The third-order valence-corrected chi connectivity index (χ3v) is 2.67. The molecule has 0 aliphatic heterocycles. The lowest BCUT2D eigenvalue weighted by Crippen LogP contribution is -2.06. The lowest BCUT2D eigenvalue weighted by Gasteiger charge is -2.04. The van der Waals surface area contributed by atoms with Crippen molar-refractivity contribution in [2.24, 2.45) is 0 Å². The molecule has 98 valence electrons. The van der Waals surface area contributed by atoms with E-state index in [9.17, 15) is 9.18 Å². The zero-order valence-corrected chi connectivity index (χ0v) is 10.4. The number of carboxylic acids is 1. The molecule has 4 nitrogen and oxygen atoms in total. The zero-order valence-electron chi connectivity index (χ0n) is 10.4. The molecule has 1 aromatic carbocycles.